The van der Waals surface area contributed by atoms with Crippen molar-refractivity contribution in [2.45, 2.75) is 0 Å². The molecule has 0 atom stereocenters. The van der Waals surface area contributed by atoms with Gasteiger partial charge in [0.1, 0.15) is 17.3 Å². The molecular weight excluding hydrogens is 304 g/mol. The number of anilines is 1. The van der Waals surface area contributed by atoms with Gasteiger partial charge in [0, 0.05) is 18.2 Å². The molecule has 0 bridgehead atoms. The fourth-order valence-electron chi connectivity index (χ4n) is 2.04. The molecule has 0 heterocycles. The summed E-state index contributed by atoms with van der Waals surface area (Å²) < 4.78 is 10.1. The number of hydrogen-bond donors (Lipinski definition) is 2. The van der Waals surface area contributed by atoms with Crippen molar-refractivity contribution in [2.24, 2.45) is 0 Å². The van der Waals surface area contributed by atoms with Gasteiger partial charge in [-0.05, 0) is 12.1 Å². The van der Waals surface area contributed by atoms with Gasteiger partial charge < -0.3 is 20.3 Å². The molecule has 23 heavy (non-hydrogen) atoms. The molecule has 2 rings (SSSR count). The van der Waals surface area contributed by atoms with Gasteiger partial charge in [0.2, 0.25) is 0 Å². The van der Waals surface area contributed by atoms with Crippen molar-refractivity contribution >= 4 is 23.2 Å². The number of rotatable bonds is 4. The molecule has 0 saturated carbocycles. The maximum atomic E-state index is 12.2. The average molecular weight is 318 g/mol. The Morgan fingerprint density at radius 3 is 2.52 bits per heavy atom. The number of phenols is 1. The van der Waals surface area contributed by atoms with Crippen LogP contribution in [0.15, 0.2) is 41.4 Å². The SMILES string of the molecule is COC1=CC(=O)C(=Cc2cc(O)c(N)cc2[N+](=O)[O-])C(OC)=C1. The van der Waals surface area contributed by atoms with Gasteiger partial charge in [0.05, 0.1) is 36.0 Å². The summed E-state index contributed by atoms with van der Waals surface area (Å²) in [6.07, 6.45) is 3.98. The maximum absolute atomic E-state index is 12.2. The van der Waals surface area contributed by atoms with E-state index in [9.17, 15) is 20.0 Å². The van der Waals surface area contributed by atoms with Crippen LogP contribution in [-0.2, 0) is 14.3 Å². The number of carbonyl (C=O) groups excluding carboxylic acids is 1. The molecule has 0 spiro atoms. The fraction of sp³-hybridized carbons (Fsp3) is 0.133. The number of nitrogen functional groups attached to an aromatic ring is 1. The molecule has 0 aliphatic heterocycles. The van der Waals surface area contributed by atoms with Gasteiger partial charge in [-0.2, -0.15) is 0 Å². The number of ketones is 1. The zero-order chi connectivity index (χ0) is 17.1. The number of nitro groups is 1. The number of phenolic OH excluding ortho intramolecular Hbond substituents is 1. The van der Waals surface area contributed by atoms with E-state index in [1.165, 1.54) is 32.4 Å². The van der Waals surface area contributed by atoms with Crippen LogP contribution in [0.3, 0.4) is 0 Å². The van der Waals surface area contributed by atoms with Gasteiger partial charge in [0.25, 0.3) is 5.69 Å². The first-order chi connectivity index (χ1) is 10.9. The number of nitrogens with zero attached hydrogens (tertiary/aromatic N) is 1. The standard InChI is InChI=1S/C15H14N2O6/c1-22-9-5-13(18)10(15(6-9)23-2)3-8-4-14(19)11(16)7-12(8)17(20)21/h3-7,19H,16H2,1-2H3. The highest BCUT2D eigenvalue weighted by atomic mass is 16.6. The van der Waals surface area contributed by atoms with E-state index < -0.39 is 10.7 Å². The van der Waals surface area contributed by atoms with Gasteiger partial charge >= 0.3 is 0 Å². The third-order valence-corrected chi connectivity index (χ3v) is 3.21. The lowest BCUT2D eigenvalue weighted by Crippen LogP contribution is -2.10. The quantitative estimate of drug-likeness (QED) is 0.285. The second-order valence-corrected chi connectivity index (χ2v) is 4.61. The third-order valence-electron chi connectivity index (χ3n) is 3.21. The van der Waals surface area contributed by atoms with Gasteiger partial charge in [-0.25, -0.2) is 0 Å². The Bertz CT molecular complexity index is 776. The molecule has 1 aromatic carbocycles. The summed E-state index contributed by atoms with van der Waals surface area (Å²) in [4.78, 5) is 22.7. The van der Waals surface area contributed by atoms with Crippen molar-refractivity contribution in [2.75, 3.05) is 20.0 Å². The number of nitrogens with two attached hydrogens (primary N) is 1. The Balaban J connectivity index is 2.60. The van der Waals surface area contributed by atoms with Crippen molar-refractivity contribution in [1.82, 2.24) is 0 Å². The normalized spacial score (nSPS) is 15.9. The molecule has 120 valence electrons. The monoisotopic (exact) mass is 318 g/mol. The molecule has 8 nitrogen and oxygen atoms in total. The highest BCUT2D eigenvalue weighted by Crippen LogP contribution is 2.33. The summed E-state index contributed by atoms with van der Waals surface area (Å²) in [5.41, 5.74) is 5.14. The molecule has 1 aliphatic carbocycles. The zero-order valence-electron chi connectivity index (χ0n) is 12.4. The van der Waals surface area contributed by atoms with Crippen LogP contribution in [0.25, 0.3) is 6.08 Å². The Hall–Kier alpha value is -3.29. The number of hydrogen-bond acceptors (Lipinski definition) is 7. The molecule has 0 fully saturated rings. The van der Waals surface area contributed by atoms with Crippen molar-refractivity contribution in [1.29, 1.82) is 0 Å². The van der Waals surface area contributed by atoms with E-state index in [0.29, 0.717) is 5.76 Å². The summed E-state index contributed by atoms with van der Waals surface area (Å²) in [7, 11) is 2.76. The molecule has 0 amide bonds. The predicted octanol–water partition coefficient (Wildman–Crippen LogP) is 1.91. The average Bonchev–Trinajstić information content (AvgIpc) is 2.51. The molecule has 1 aromatic rings. The van der Waals surface area contributed by atoms with E-state index in [2.05, 4.69) is 0 Å². The van der Waals surface area contributed by atoms with Gasteiger partial charge in [-0.1, -0.05) is 0 Å². The van der Waals surface area contributed by atoms with Crippen molar-refractivity contribution in [3.63, 3.8) is 0 Å². The number of methoxy groups -OCH3 is 2. The topological polar surface area (TPSA) is 125 Å². The summed E-state index contributed by atoms with van der Waals surface area (Å²) in [5.74, 6) is -0.257. The fourth-order valence-corrected chi connectivity index (χ4v) is 2.04. The van der Waals surface area contributed by atoms with Gasteiger partial charge in [0.15, 0.2) is 5.78 Å². The van der Waals surface area contributed by atoms with Crippen LogP contribution >= 0.6 is 0 Å². The first-order valence-electron chi connectivity index (χ1n) is 6.42. The van der Waals surface area contributed by atoms with Gasteiger partial charge in [-0.15, -0.1) is 0 Å². The van der Waals surface area contributed by atoms with E-state index in [1.54, 1.807) is 0 Å². The molecule has 3 N–H and O–H groups in total. The lowest BCUT2D eigenvalue weighted by molar-refractivity contribution is -0.385. The van der Waals surface area contributed by atoms with Crippen molar-refractivity contribution < 1.29 is 24.3 Å². The van der Waals surface area contributed by atoms with Crippen LogP contribution in [0, 0.1) is 10.1 Å². The second-order valence-electron chi connectivity index (χ2n) is 4.61. The predicted molar refractivity (Wildman–Crippen MR) is 82.3 cm³/mol. The summed E-state index contributed by atoms with van der Waals surface area (Å²) in [5, 5.41) is 20.8. The molecule has 0 radical (unpaired) electrons. The van der Waals surface area contributed by atoms with E-state index in [1.807, 2.05) is 0 Å². The minimum Gasteiger partial charge on any atom is -0.506 e. The Morgan fingerprint density at radius 1 is 1.26 bits per heavy atom. The third kappa shape index (κ3) is 3.15. The summed E-state index contributed by atoms with van der Waals surface area (Å²) in [6.45, 7) is 0. The second kappa shape index (κ2) is 6.22. The van der Waals surface area contributed by atoms with Crippen LogP contribution in [0.1, 0.15) is 5.56 Å². The minimum atomic E-state index is -0.651. The lowest BCUT2D eigenvalue weighted by Gasteiger charge is -2.14. The van der Waals surface area contributed by atoms with Crippen LogP contribution in [-0.4, -0.2) is 30.0 Å². The number of carbonyl (C=O) groups is 1. The van der Waals surface area contributed by atoms with Crippen LogP contribution < -0.4 is 5.73 Å². The smallest absolute Gasteiger partial charge is 0.278 e. The highest BCUT2D eigenvalue weighted by molar-refractivity contribution is 6.12. The Morgan fingerprint density at radius 2 is 1.96 bits per heavy atom. The van der Waals surface area contributed by atoms with Gasteiger partial charge in [-0.3, -0.25) is 14.9 Å². The van der Waals surface area contributed by atoms with E-state index in [0.717, 1.165) is 12.1 Å². The lowest BCUT2D eigenvalue weighted by atomic mass is 9.99. The van der Waals surface area contributed by atoms with E-state index in [-0.39, 0.29) is 34.0 Å². The van der Waals surface area contributed by atoms with Crippen molar-refractivity contribution in [3.05, 3.63) is 57.1 Å². The number of ether oxygens (including phenoxy) is 2. The van der Waals surface area contributed by atoms with Crippen LogP contribution in [0.4, 0.5) is 11.4 Å². The van der Waals surface area contributed by atoms with E-state index >= 15 is 0 Å². The number of allylic oxidation sites excluding steroid dienone is 3. The largest absolute Gasteiger partial charge is 0.506 e. The highest BCUT2D eigenvalue weighted by Gasteiger charge is 2.23. The Kier molecular flexibility index (Phi) is 4.35. The molecule has 1 aliphatic rings. The molecule has 0 saturated heterocycles. The van der Waals surface area contributed by atoms with Crippen LogP contribution in [0.2, 0.25) is 0 Å². The van der Waals surface area contributed by atoms with E-state index in [4.69, 9.17) is 15.2 Å². The first-order valence-corrected chi connectivity index (χ1v) is 6.42. The van der Waals surface area contributed by atoms with Crippen molar-refractivity contribution in [3.8, 4) is 5.75 Å². The Labute approximate surface area is 131 Å². The number of aromatic hydroxyl groups is 1. The molecule has 8 heteroatoms. The zero-order valence-corrected chi connectivity index (χ0v) is 12.4. The maximum Gasteiger partial charge on any atom is 0.278 e. The number of benzene rings is 1. The molecular formula is C15H14N2O6. The molecule has 0 unspecified atom stereocenters. The number of nitro benzene ring substituents is 1. The molecule has 0 aromatic heterocycles. The first kappa shape index (κ1) is 16.1. The van der Waals surface area contributed by atoms with Crippen LogP contribution in [0.5, 0.6) is 5.75 Å². The summed E-state index contributed by atoms with van der Waals surface area (Å²) in [6, 6.07) is 2.15. The minimum absolute atomic E-state index is 0.0299. The summed E-state index contributed by atoms with van der Waals surface area (Å²) >= 11 is 0.